The van der Waals surface area contributed by atoms with Crippen molar-refractivity contribution in [3.63, 3.8) is 0 Å². The van der Waals surface area contributed by atoms with Crippen molar-refractivity contribution in [1.29, 1.82) is 5.41 Å². The summed E-state index contributed by atoms with van der Waals surface area (Å²) in [6.07, 6.45) is 1.29. The van der Waals surface area contributed by atoms with Gasteiger partial charge in [-0.25, -0.2) is 4.39 Å². The maximum atomic E-state index is 13.0. The second-order valence-corrected chi connectivity index (χ2v) is 3.48. The summed E-state index contributed by atoms with van der Waals surface area (Å²) in [5.74, 6) is -0.297. The SMILES string of the molecule is CC(C=N)c1ccc(Br)c(F)c1. The van der Waals surface area contributed by atoms with Gasteiger partial charge in [0.05, 0.1) is 4.47 Å². The molecular weight excluding hydrogens is 221 g/mol. The number of nitrogens with one attached hydrogen (secondary N) is 1. The Kier molecular flexibility index (Phi) is 2.98. The Morgan fingerprint density at radius 3 is 2.75 bits per heavy atom. The third-order valence-electron chi connectivity index (χ3n) is 1.72. The van der Waals surface area contributed by atoms with Crippen LogP contribution in [0.3, 0.4) is 0 Å². The van der Waals surface area contributed by atoms with Gasteiger partial charge in [0.15, 0.2) is 0 Å². The molecule has 12 heavy (non-hydrogen) atoms. The van der Waals surface area contributed by atoms with Gasteiger partial charge in [-0.3, -0.25) is 0 Å². The van der Waals surface area contributed by atoms with Gasteiger partial charge in [0, 0.05) is 12.1 Å². The maximum absolute atomic E-state index is 13.0. The van der Waals surface area contributed by atoms with E-state index in [9.17, 15) is 4.39 Å². The highest BCUT2D eigenvalue weighted by Gasteiger charge is 2.04. The van der Waals surface area contributed by atoms with Gasteiger partial charge in [0.2, 0.25) is 0 Å². The van der Waals surface area contributed by atoms with Crippen molar-refractivity contribution in [2.45, 2.75) is 12.8 Å². The van der Waals surface area contributed by atoms with Crippen molar-refractivity contribution in [2.75, 3.05) is 0 Å². The molecule has 0 bridgehead atoms. The fourth-order valence-corrected chi connectivity index (χ4v) is 1.14. The monoisotopic (exact) mass is 229 g/mol. The van der Waals surface area contributed by atoms with Crippen LogP contribution < -0.4 is 0 Å². The predicted octanol–water partition coefficient (Wildman–Crippen LogP) is 3.34. The highest BCUT2D eigenvalue weighted by Crippen LogP contribution is 2.20. The molecule has 0 aliphatic heterocycles. The molecule has 1 aromatic rings. The summed E-state index contributed by atoms with van der Waals surface area (Å²) < 4.78 is 13.4. The molecule has 0 saturated heterocycles. The molecule has 64 valence electrons. The van der Waals surface area contributed by atoms with E-state index < -0.39 is 0 Å². The van der Waals surface area contributed by atoms with Crippen LogP contribution in [-0.4, -0.2) is 6.21 Å². The van der Waals surface area contributed by atoms with Crippen molar-refractivity contribution in [3.05, 3.63) is 34.1 Å². The summed E-state index contributed by atoms with van der Waals surface area (Å²) in [4.78, 5) is 0. The smallest absolute Gasteiger partial charge is 0.137 e. The quantitative estimate of drug-likeness (QED) is 0.753. The lowest BCUT2D eigenvalue weighted by Crippen LogP contribution is -1.94. The van der Waals surface area contributed by atoms with Crippen molar-refractivity contribution in [1.82, 2.24) is 0 Å². The summed E-state index contributed by atoms with van der Waals surface area (Å²) in [5.41, 5.74) is 0.825. The number of rotatable bonds is 2. The molecule has 1 unspecified atom stereocenters. The Hall–Kier alpha value is -0.700. The predicted molar refractivity (Wildman–Crippen MR) is 51.3 cm³/mol. The highest BCUT2D eigenvalue weighted by molar-refractivity contribution is 9.10. The van der Waals surface area contributed by atoms with E-state index in [1.54, 1.807) is 6.07 Å². The first-order valence-electron chi connectivity index (χ1n) is 3.60. The Balaban J connectivity index is 3.04. The molecule has 0 spiro atoms. The minimum atomic E-state index is -0.277. The van der Waals surface area contributed by atoms with E-state index >= 15 is 0 Å². The number of halogens is 2. The van der Waals surface area contributed by atoms with Gasteiger partial charge in [0.25, 0.3) is 0 Å². The van der Waals surface area contributed by atoms with Crippen LogP contribution in [-0.2, 0) is 0 Å². The summed E-state index contributed by atoms with van der Waals surface area (Å²) in [6.45, 7) is 1.86. The summed E-state index contributed by atoms with van der Waals surface area (Å²) in [5, 5.41) is 7.01. The van der Waals surface area contributed by atoms with E-state index in [0.717, 1.165) is 5.56 Å². The van der Waals surface area contributed by atoms with Gasteiger partial charge < -0.3 is 5.41 Å². The molecule has 1 N–H and O–H groups in total. The normalized spacial score (nSPS) is 12.6. The lowest BCUT2D eigenvalue weighted by molar-refractivity contribution is 0.618. The first-order valence-corrected chi connectivity index (χ1v) is 4.40. The van der Waals surface area contributed by atoms with Crippen LogP contribution >= 0.6 is 15.9 Å². The molecule has 0 aliphatic rings. The topological polar surface area (TPSA) is 23.9 Å². The number of hydrogen-bond acceptors (Lipinski definition) is 1. The molecule has 1 rings (SSSR count). The van der Waals surface area contributed by atoms with Gasteiger partial charge in [-0.15, -0.1) is 0 Å². The second-order valence-electron chi connectivity index (χ2n) is 2.63. The van der Waals surface area contributed by atoms with E-state index in [-0.39, 0.29) is 11.7 Å². The van der Waals surface area contributed by atoms with Crippen LogP contribution in [0.4, 0.5) is 4.39 Å². The van der Waals surface area contributed by atoms with Crippen LogP contribution in [0.2, 0.25) is 0 Å². The molecule has 1 atom stereocenters. The minimum Gasteiger partial charge on any atom is -0.312 e. The van der Waals surface area contributed by atoms with E-state index in [2.05, 4.69) is 15.9 Å². The van der Waals surface area contributed by atoms with E-state index in [0.29, 0.717) is 4.47 Å². The molecule has 0 amide bonds. The third-order valence-corrected chi connectivity index (χ3v) is 2.36. The zero-order valence-electron chi connectivity index (χ0n) is 6.64. The van der Waals surface area contributed by atoms with Crippen molar-refractivity contribution in [2.24, 2.45) is 0 Å². The van der Waals surface area contributed by atoms with Crippen molar-refractivity contribution >= 4 is 22.1 Å². The molecule has 0 radical (unpaired) electrons. The van der Waals surface area contributed by atoms with Crippen molar-refractivity contribution in [3.8, 4) is 0 Å². The number of benzene rings is 1. The largest absolute Gasteiger partial charge is 0.312 e. The Morgan fingerprint density at radius 1 is 1.58 bits per heavy atom. The standard InChI is InChI=1S/C9H9BrFN/c1-6(5-12)7-2-3-8(10)9(11)4-7/h2-6,12H,1H3. The van der Waals surface area contributed by atoms with Crippen LogP contribution in [0.15, 0.2) is 22.7 Å². The molecular formula is C9H9BrFN. The first kappa shape index (κ1) is 9.39. The molecule has 0 aliphatic carbocycles. The van der Waals surface area contributed by atoms with Crippen LogP contribution in [0.5, 0.6) is 0 Å². The Morgan fingerprint density at radius 2 is 2.25 bits per heavy atom. The summed E-state index contributed by atoms with van der Waals surface area (Å²) >= 11 is 3.07. The molecule has 0 heterocycles. The van der Waals surface area contributed by atoms with Crippen LogP contribution in [0.1, 0.15) is 18.4 Å². The Labute approximate surface area is 79.2 Å². The molecule has 0 aromatic heterocycles. The average molecular weight is 230 g/mol. The van der Waals surface area contributed by atoms with Crippen LogP contribution in [0, 0.1) is 11.2 Å². The first-order chi connectivity index (χ1) is 5.65. The van der Waals surface area contributed by atoms with Crippen LogP contribution in [0.25, 0.3) is 0 Å². The van der Waals surface area contributed by atoms with Gasteiger partial charge in [-0.05, 0) is 33.6 Å². The van der Waals surface area contributed by atoms with E-state index in [1.807, 2.05) is 13.0 Å². The molecule has 3 heteroatoms. The fraction of sp³-hybridized carbons (Fsp3) is 0.222. The molecule has 1 nitrogen and oxygen atoms in total. The zero-order chi connectivity index (χ0) is 9.14. The second kappa shape index (κ2) is 3.81. The maximum Gasteiger partial charge on any atom is 0.137 e. The molecule has 1 aromatic carbocycles. The summed E-state index contributed by atoms with van der Waals surface area (Å²) in [7, 11) is 0. The van der Waals surface area contributed by atoms with Crippen molar-refractivity contribution < 1.29 is 4.39 Å². The van der Waals surface area contributed by atoms with Gasteiger partial charge >= 0.3 is 0 Å². The minimum absolute atomic E-state index is 0.0207. The van der Waals surface area contributed by atoms with Gasteiger partial charge in [-0.1, -0.05) is 13.0 Å². The molecule has 0 fully saturated rings. The van der Waals surface area contributed by atoms with E-state index in [1.165, 1.54) is 12.3 Å². The zero-order valence-corrected chi connectivity index (χ0v) is 8.23. The summed E-state index contributed by atoms with van der Waals surface area (Å²) in [6, 6.07) is 4.91. The molecule has 0 saturated carbocycles. The fourth-order valence-electron chi connectivity index (χ4n) is 0.892. The lowest BCUT2D eigenvalue weighted by Gasteiger charge is -2.05. The highest BCUT2D eigenvalue weighted by atomic mass is 79.9. The van der Waals surface area contributed by atoms with Gasteiger partial charge in [-0.2, -0.15) is 0 Å². The lowest BCUT2D eigenvalue weighted by atomic mass is 10.0. The number of hydrogen-bond donors (Lipinski definition) is 1. The van der Waals surface area contributed by atoms with E-state index in [4.69, 9.17) is 5.41 Å². The third kappa shape index (κ3) is 1.91. The average Bonchev–Trinajstić information content (AvgIpc) is 2.08. The Bertz CT molecular complexity index is 299. The van der Waals surface area contributed by atoms with Gasteiger partial charge in [0.1, 0.15) is 5.82 Å².